The molecule has 1 heterocycles. The highest BCUT2D eigenvalue weighted by atomic mass is 19.4. The Bertz CT molecular complexity index is 735. The normalized spacial score (nSPS) is 28.5. The summed E-state index contributed by atoms with van der Waals surface area (Å²) >= 11 is 0. The molecule has 3 rings (SSSR count). The van der Waals surface area contributed by atoms with Crippen LogP contribution >= 0.6 is 0 Å². The highest BCUT2D eigenvalue weighted by molar-refractivity contribution is 5.93. The summed E-state index contributed by atoms with van der Waals surface area (Å²) in [5.74, 6) is -1.84. The molecule has 1 aromatic carbocycles. The predicted molar refractivity (Wildman–Crippen MR) is 88.5 cm³/mol. The number of nitrogens with zero attached hydrogens (tertiary/aromatic N) is 2. The van der Waals surface area contributed by atoms with Gasteiger partial charge in [0.1, 0.15) is 5.75 Å². The molecule has 1 aliphatic heterocycles. The lowest BCUT2D eigenvalue weighted by atomic mass is 9.76. The number of aliphatic hydroxyl groups is 1. The van der Waals surface area contributed by atoms with Crippen molar-refractivity contribution in [3.8, 4) is 5.75 Å². The minimum atomic E-state index is -5.02. The van der Waals surface area contributed by atoms with Gasteiger partial charge >= 0.3 is 6.18 Å². The standard InChI is InChI=1S/C18H21F3N2O3/c1-11-7-8-14-13(9-11)17(25,18(19,20)21)23(22-14)16(24)10-26-15-6-4-3-5-12(15)2/h3-6,11,13,25H,7-10H2,1-2H3/t11-,13-,17-/m1/s1. The van der Waals surface area contributed by atoms with Crippen LogP contribution in [0.5, 0.6) is 5.75 Å². The van der Waals surface area contributed by atoms with E-state index in [2.05, 4.69) is 5.10 Å². The summed E-state index contributed by atoms with van der Waals surface area (Å²) in [6.45, 7) is 2.96. The number of aryl methyl sites for hydroxylation is 1. The Labute approximate surface area is 149 Å². The SMILES string of the molecule is Cc1ccccc1OCC(=O)N1N=C2CC[C@@H](C)C[C@H]2[C@@]1(O)C(F)(F)F. The molecule has 142 valence electrons. The van der Waals surface area contributed by atoms with Gasteiger partial charge in [-0.25, -0.2) is 0 Å². The number of rotatable bonds is 3. The maximum absolute atomic E-state index is 13.7. The van der Waals surface area contributed by atoms with Crippen LogP contribution in [0, 0.1) is 18.8 Å². The second kappa shape index (κ2) is 6.57. The quantitative estimate of drug-likeness (QED) is 0.888. The van der Waals surface area contributed by atoms with Crippen molar-refractivity contribution in [2.24, 2.45) is 16.9 Å². The molecule has 1 aromatic rings. The highest BCUT2D eigenvalue weighted by Gasteiger charge is 2.68. The van der Waals surface area contributed by atoms with E-state index in [0.29, 0.717) is 18.6 Å². The van der Waals surface area contributed by atoms with E-state index in [1.54, 1.807) is 31.2 Å². The lowest BCUT2D eigenvalue weighted by Crippen LogP contribution is -2.62. The summed E-state index contributed by atoms with van der Waals surface area (Å²) in [4.78, 5) is 12.5. The summed E-state index contributed by atoms with van der Waals surface area (Å²) in [6, 6.07) is 6.86. The van der Waals surface area contributed by atoms with Crippen molar-refractivity contribution in [2.75, 3.05) is 6.61 Å². The minimum absolute atomic E-state index is 0.0195. The van der Waals surface area contributed by atoms with Crippen LogP contribution in [-0.4, -0.2) is 40.2 Å². The van der Waals surface area contributed by atoms with Crippen LogP contribution in [0.4, 0.5) is 13.2 Å². The average Bonchev–Trinajstić information content (AvgIpc) is 2.88. The second-order valence-corrected chi connectivity index (χ2v) is 7.01. The van der Waals surface area contributed by atoms with Gasteiger partial charge in [-0.05, 0) is 43.7 Å². The molecule has 0 radical (unpaired) electrons. The number of hydrogen-bond acceptors (Lipinski definition) is 4. The topological polar surface area (TPSA) is 62.1 Å². The zero-order valence-electron chi connectivity index (χ0n) is 14.6. The van der Waals surface area contributed by atoms with E-state index in [0.717, 1.165) is 5.56 Å². The molecule has 0 unspecified atom stereocenters. The molecular formula is C18H21F3N2O3. The number of para-hydroxylation sites is 1. The smallest absolute Gasteiger partial charge is 0.439 e. The Hall–Kier alpha value is -2.09. The molecule has 1 fully saturated rings. The Morgan fingerprint density at radius 2 is 2.12 bits per heavy atom. The summed E-state index contributed by atoms with van der Waals surface area (Å²) in [5, 5.41) is 14.6. The summed E-state index contributed by atoms with van der Waals surface area (Å²) in [6.07, 6.45) is -3.85. The molecule has 26 heavy (non-hydrogen) atoms. The summed E-state index contributed by atoms with van der Waals surface area (Å²) < 4.78 is 46.5. The highest BCUT2D eigenvalue weighted by Crippen LogP contribution is 2.49. The number of ether oxygens (including phenoxy) is 1. The Morgan fingerprint density at radius 1 is 1.42 bits per heavy atom. The van der Waals surface area contributed by atoms with Crippen LogP contribution in [0.15, 0.2) is 29.4 Å². The molecule has 0 bridgehead atoms. The number of fused-ring (bicyclic) bond motifs is 1. The van der Waals surface area contributed by atoms with E-state index in [1.165, 1.54) is 0 Å². The van der Waals surface area contributed by atoms with Crippen molar-refractivity contribution >= 4 is 11.6 Å². The first-order chi connectivity index (χ1) is 12.1. The molecular weight excluding hydrogens is 349 g/mol. The van der Waals surface area contributed by atoms with Crippen molar-refractivity contribution in [3.05, 3.63) is 29.8 Å². The van der Waals surface area contributed by atoms with Gasteiger partial charge < -0.3 is 9.84 Å². The second-order valence-electron chi connectivity index (χ2n) is 7.01. The van der Waals surface area contributed by atoms with Gasteiger partial charge in [-0.1, -0.05) is 25.1 Å². The lowest BCUT2D eigenvalue weighted by molar-refractivity contribution is -0.318. The molecule has 0 saturated heterocycles. The fourth-order valence-corrected chi connectivity index (χ4v) is 3.58. The van der Waals surface area contributed by atoms with Crippen molar-refractivity contribution in [3.63, 3.8) is 0 Å². The third kappa shape index (κ3) is 3.06. The number of hydrazone groups is 1. The van der Waals surface area contributed by atoms with Crippen molar-refractivity contribution in [2.45, 2.75) is 45.0 Å². The van der Waals surface area contributed by atoms with Gasteiger partial charge in [0.2, 0.25) is 0 Å². The largest absolute Gasteiger partial charge is 0.483 e. The van der Waals surface area contributed by atoms with Crippen LogP contribution in [-0.2, 0) is 4.79 Å². The first-order valence-corrected chi connectivity index (χ1v) is 8.52. The van der Waals surface area contributed by atoms with Crippen molar-refractivity contribution < 1.29 is 27.8 Å². The van der Waals surface area contributed by atoms with Crippen LogP contribution in [0.25, 0.3) is 0 Å². The Morgan fingerprint density at radius 3 is 2.77 bits per heavy atom. The average molecular weight is 370 g/mol. The minimum Gasteiger partial charge on any atom is -0.483 e. The van der Waals surface area contributed by atoms with Gasteiger partial charge in [0.15, 0.2) is 6.61 Å². The Kier molecular flexibility index (Phi) is 4.72. The van der Waals surface area contributed by atoms with Gasteiger partial charge in [-0.15, -0.1) is 0 Å². The molecule has 1 amide bonds. The number of carbonyl (C=O) groups excluding carboxylic acids is 1. The fourth-order valence-electron chi connectivity index (χ4n) is 3.58. The van der Waals surface area contributed by atoms with Crippen LogP contribution < -0.4 is 4.74 Å². The number of hydrogen-bond donors (Lipinski definition) is 1. The van der Waals surface area contributed by atoms with Crippen LogP contribution in [0.2, 0.25) is 0 Å². The zero-order valence-corrected chi connectivity index (χ0v) is 14.6. The fraction of sp³-hybridized carbons (Fsp3) is 0.556. The van der Waals surface area contributed by atoms with Gasteiger partial charge in [0.05, 0.1) is 5.92 Å². The van der Waals surface area contributed by atoms with Gasteiger partial charge in [-0.3, -0.25) is 4.79 Å². The van der Waals surface area contributed by atoms with E-state index in [9.17, 15) is 23.1 Å². The maximum atomic E-state index is 13.7. The molecule has 1 saturated carbocycles. The molecule has 2 aliphatic rings. The number of alkyl halides is 3. The summed E-state index contributed by atoms with van der Waals surface area (Å²) in [5.41, 5.74) is -2.34. The van der Waals surface area contributed by atoms with E-state index in [-0.39, 0.29) is 23.1 Å². The zero-order chi connectivity index (χ0) is 19.1. The predicted octanol–water partition coefficient (Wildman–Crippen LogP) is 3.26. The first-order valence-electron chi connectivity index (χ1n) is 8.52. The van der Waals surface area contributed by atoms with E-state index in [1.807, 2.05) is 6.92 Å². The van der Waals surface area contributed by atoms with Gasteiger partial charge in [0, 0.05) is 5.71 Å². The van der Waals surface area contributed by atoms with E-state index >= 15 is 0 Å². The number of amides is 1. The monoisotopic (exact) mass is 370 g/mol. The number of carbonyl (C=O) groups is 1. The van der Waals surface area contributed by atoms with Crippen LogP contribution in [0.1, 0.15) is 31.7 Å². The summed E-state index contributed by atoms with van der Waals surface area (Å²) in [7, 11) is 0. The first kappa shape index (κ1) is 18.7. The van der Waals surface area contributed by atoms with Gasteiger partial charge in [-0.2, -0.15) is 23.3 Å². The van der Waals surface area contributed by atoms with E-state index in [4.69, 9.17) is 4.74 Å². The molecule has 5 nitrogen and oxygen atoms in total. The van der Waals surface area contributed by atoms with Gasteiger partial charge in [0.25, 0.3) is 11.6 Å². The third-order valence-electron chi connectivity index (χ3n) is 5.07. The van der Waals surface area contributed by atoms with E-state index < -0.39 is 30.3 Å². The third-order valence-corrected chi connectivity index (χ3v) is 5.07. The Balaban J connectivity index is 1.83. The van der Waals surface area contributed by atoms with Crippen LogP contribution in [0.3, 0.4) is 0 Å². The number of benzene rings is 1. The molecule has 0 spiro atoms. The molecule has 1 N–H and O–H groups in total. The molecule has 0 aromatic heterocycles. The lowest BCUT2D eigenvalue weighted by Gasteiger charge is -2.39. The van der Waals surface area contributed by atoms with Crippen molar-refractivity contribution in [1.29, 1.82) is 0 Å². The number of halogens is 3. The molecule has 8 heteroatoms. The molecule has 3 atom stereocenters. The maximum Gasteiger partial charge on any atom is 0.439 e. The molecule has 1 aliphatic carbocycles. The van der Waals surface area contributed by atoms with Crippen molar-refractivity contribution in [1.82, 2.24) is 5.01 Å².